The molecule has 2 atom stereocenters. The Kier molecular flexibility index (Phi) is 17.3. The minimum absolute atomic E-state index is 0.0505. The van der Waals surface area contributed by atoms with Crippen LogP contribution in [0.2, 0.25) is 0 Å². The van der Waals surface area contributed by atoms with Gasteiger partial charge in [-0.25, -0.2) is 0 Å². The highest BCUT2D eigenvalue weighted by Crippen LogP contribution is 2.15. The van der Waals surface area contributed by atoms with Gasteiger partial charge in [-0.05, 0) is 72.5 Å². The molecule has 14 nitrogen and oxygen atoms in total. The van der Waals surface area contributed by atoms with Crippen LogP contribution >= 0.6 is 0 Å². The second-order valence-electron chi connectivity index (χ2n) is 14.8. The third kappa shape index (κ3) is 15.1. The van der Waals surface area contributed by atoms with E-state index in [1.165, 1.54) is 13.8 Å². The second kappa shape index (κ2) is 23.3. The van der Waals surface area contributed by atoms with Crippen molar-refractivity contribution in [1.29, 1.82) is 10.8 Å². The van der Waals surface area contributed by atoms with Crippen LogP contribution in [0.4, 0.5) is 0 Å². The zero-order chi connectivity index (χ0) is 42.7. The van der Waals surface area contributed by atoms with E-state index in [1.54, 1.807) is 48.5 Å². The molecule has 4 amide bonds. The summed E-state index contributed by atoms with van der Waals surface area (Å²) < 4.78 is 11.9. The molecule has 0 aliphatic carbocycles. The molecular formula is C46H56N8O6. The Labute approximate surface area is 352 Å². The van der Waals surface area contributed by atoms with Gasteiger partial charge in [0.1, 0.15) is 35.3 Å². The Morgan fingerprint density at radius 1 is 0.550 bits per heavy atom. The lowest BCUT2D eigenvalue weighted by Gasteiger charge is -2.34. The van der Waals surface area contributed by atoms with E-state index in [9.17, 15) is 19.2 Å². The topological polar surface area (TPSA) is 189 Å². The number of carbonyl (C=O) groups excluding carboxylic acids is 4. The van der Waals surface area contributed by atoms with E-state index >= 15 is 0 Å². The number of carbonyl (C=O) groups is 4. The molecule has 5 rings (SSSR count). The Morgan fingerprint density at radius 2 is 0.900 bits per heavy atom. The number of amidine groups is 2. The van der Waals surface area contributed by atoms with Crippen LogP contribution in [0.3, 0.4) is 0 Å². The summed E-state index contributed by atoms with van der Waals surface area (Å²) in [6.45, 7) is 9.67. The lowest BCUT2D eigenvalue weighted by molar-refractivity contribution is -0.127. The van der Waals surface area contributed by atoms with Gasteiger partial charge in [-0.3, -0.25) is 30.0 Å². The standard InChI is InChI=1S/C46H56N8O6/c1-33(55)49-41(31-35-11-5-3-6-12-35)45(57)51-43(47)37-15-19-39(20-16-37)59-29-9-23-53-25-27-54(28-26-53)24-10-30-60-40-21-17-38(18-22-40)44(48)52-46(58)42(50-34(2)56)32-36-13-7-4-8-14-36/h3-8,11-22,41-42H,9-10,23-32H2,1-2H3,(H,49,55)(H,50,56)(H2,47,51,57)(H2,48,52,58)/t41-,42-/m0/s1. The fourth-order valence-electron chi connectivity index (χ4n) is 6.80. The average molecular weight is 817 g/mol. The van der Waals surface area contributed by atoms with Gasteiger partial charge in [-0.15, -0.1) is 0 Å². The largest absolute Gasteiger partial charge is 0.494 e. The Balaban J connectivity index is 0.927. The highest BCUT2D eigenvalue weighted by Gasteiger charge is 2.23. The van der Waals surface area contributed by atoms with Crippen LogP contribution in [0.1, 0.15) is 48.9 Å². The van der Waals surface area contributed by atoms with Crippen LogP contribution in [0.25, 0.3) is 0 Å². The minimum Gasteiger partial charge on any atom is -0.494 e. The highest BCUT2D eigenvalue weighted by molar-refractivity contribution is 6.09. The monoisotopic (exact) mass is 816 g/mol. The predicted molar refractivity (Wildman–Crippen MR) is 231 cm³/mol. The lowest BCUT2D eigenvalue weighted by Crippen LogP contribution is -2.49. The third-order valence-electron chi connectivity index (χ3n) is 9.98. The molecule has 0 unspecified atom stereocenters. The normalized spacial score (nSPS) is 13.9. The molecule has 1 saturated heterocycles. The van der Waals surface area contributed by atoms with Gasteiger partial charge in [0.15, 0.2) is 0 Å². The Morgan fingerprint density at radius 3 is 1.23 bits per heavy atom. The van der Waals surface area contributed by atoms with Crippen LogP contribution in [0, 0.1) is 10.8 Å². The lowest BCUT2D eigenvalue weighted by atomic mass is 10.0. The van der Waals surface area contributed by atoms with E-state index in [2.05, 4.69) is 31.1 Å². The number of nitrogens with zero attached hydrogens (tertiary/aromatic N) is 2. The van der Waals surface area contributed by atoms with Crippen LogP contribution < -0.4 is 30.7 Å². The van der Waals surface area contributed by atoms with Crippen LogP contribution in [0.5, 0.6) is 11.5 Å². The van der Waals surface area contributed by atoms with Crippen molar-refractivity contribution in [2.45, 2.75) is 51.6 Å². The summed E-state index contributed by atoms with van der Waals surface area (Å²) in [5.74, 6) is -0.251. The number of nitrogens with one attached hydrogen (secondary N) is 6. The maximum Gasteiger partial charge on any atom is 0.248 e. The molecular weight excluding hydrogens is 761 g/mol. The van der Waals surface area contributed by atoms with Gasteiger partial charge < -0.3 is 40.5 Å². The number of piperazine rings is 1. The summed E-state index contributed by atoms with van der Waals surface area (Å²) in [5.41, 5.74) is 2.88. The van der Waals surface area contributed by atoms with Crippen LogP contribution in [-0.2, 0) is 32.0 Å². The fraction of sp³-hybridized carbons (Fsp3) is 0.348. The van der Waals surface area contributed by atoms with Crippen LogP contribution in [0.15, 0.2) is 109 Å². The van der Waals surface area contributed by atoms with Crippen LogP contribution in [-0.4, -0.2) is 110 Å². The maximum absolute atomic E-state index is 12.9. The molecule has 1 aliphatic heterocycles. The summed E-state index contributed by atoms with van der Waals surface area (Å²) in [4.78, 5) is 54.3. The summed E-state index contributed by atoms with van der Waals surface area (Å²) in [7, 11) is 0. The minimum atomic E-state index is -0.800. The first kappa shape index (κ1) is 44.7. The van der Waals surface area contributed by atoms with Gasteiger partial charge in [0.25, 0.3) is 0 Å². The molecule has 0 spiro atoms. The second-order valence-corrected chi connectivity index (χ2v) is 14.8. The molecule has 1 fully saturated rings. The molecule has 6 N–H and O–H groups in total. The number of ether oxygens (including phenoxy) is 2. The SMILES string of the molecule is CC(=O)N[C@@H](Cc1ccccc1)C(=O)NC(=N)c1ccc(OCCCN2CCN(CCCOc3ccc(C(=N)NC(=O)[C@H](Cc4ccccc4)NC(C)=O)cc3)CC2)cc1. The zero-order valence-electron chi connectivity index (χ0n) is 34.4. The first-order chi connectivity index (χ1) is 29.0. The third-order valence-corrected chi connectivity index (χ3v) is 9.98. The quantitative estimate of drug-likeness (QED) is 0.0440. The van der Waals surface area contributed by atoms with Gasteiger partial charge in [-0.1, -0.05) is 60.7 Å². The van der Waals surface area contributed by atoms with E-state index in [-0.39, 0.29) is 23.5 Å². The molecule has 4 aromatic rings. The summed E-state index contributed by atoms with van der Waals surface area (Å²) in [6, 6.07) is 31.3. The van der Waals surface area contributed by atoms with Gasteiger partial charge >= 0.3 is 0 Å². The highest BCUT2D eigenvalue weighted by atomic mass is 16.5. The number of rotatable bonds is 20. The van der Waals surface area contributed by atoms with Crippen molar-refractivity contribution in [2.75, 3.05) is 52.5 Å². The Hall–Kier alpha value is -6.38. The molecule has 0 saturated carbocycles. The van der Waals surface area contributed by atoms with Gasteiger partial charge in [0.05, 0.1) is 13.2 Å². The molecule has 4 aromatic carbocycles. The molecule has 1 heterocycles. The molecule has 0 radical (unpaired) electrons. The molecule has 1 aliphatic rings. The summed E-state index contributed by atoms with van der Waals surface area (Å²) in [5, 5.41) is 27.4. The number of hydrogen-bond donors (Lipinski definition) is 6. The predicted octanol–water partition coefficient (Wildman–Crippen LogP) is 3.92. The van der Waals surface area contributed by atoms with E-state index in [0.29, 0.717) is 48.7 Å². The molecule has 14 heteroatoms. The smallest absolute Gasteiger partial charge is 0.248 e. The maximum atomic E-state index is 12.9. The van der Waals surface area contributed by atoms with Gasteiger partial charge in [0.2, 0.25) is 23.6 Å². The zero-order valence-corrected chi connectivity index (χ0v) is 34.4. The molecule has 0 bridgehead atoms. The van der Waals surface area contributed by atoms with Crippen molar-refractivity contribution in [2.24, 2.45) is 0 Å². The van der Waals surface area contributed by atoms with Crippen molar-refractivity contribution >= 4 is 35.3 Å². The van der Waals surface area contributed by atoms with Crippen molar-refractivity contribution in [3.8, 4) is 11.5 Å². The summed E-state index contributed by atoms with van der Waals surface area (Å²) in [6.07, 6.45) is 2.39. The van der Waals surface area contributed by atoms with E-state index in [4.69, 9.17) is 20.3 Å². The molecule has 316 valence electrons. The van der Waals surface area contributed by atoms with Crippen molar-refractivity contribution in [3.63, 3.8) is 0 Å². The first-order valence-corrected chi connectivity index (χ1v) is 20.3. The number of amides is 4. The first-order valence-electron chi connectivity index (χ1n) is 20.3. The molecule has 0 aromatic heterocycles. The fourth-order valence-corrected chi connectivity index (χ4v) is 6.80. The molecule has 60 heavy (non-hydrogen) atoms. The Bertz CT molecular complexity index is 1870. The average Bonchev–Trinajstić information content (AvgIpc) is 3.24. The van der Waals surface area contributed by atoms with Crippen molar-refractivity contribution in [1.82, 2.24) is 31.1 Å². The van der Waals surface area contributed by atoms with E-state index in [0.717, 1.165) is 63.2 Å². The van der Waals surface area contributed by atoms with Gasteiger partial charge in [0, 0.05) is 77.1 Å². The van der Waals surface area contributed by atoms with E-state index < -0.39 is 23.9 Å². The van der Waals surface area contributed by atoms with Crippen molar-refractivity contribution in [3.05, 3.63) is 131 Å². The number of benzene rings is 4. The van der Waals surface area contributed by atoms with E-state index in [1.807, 2.05) is 60.7 Å². The van der Waals surface area contributed by atoms with Crippen molar-refractivity contribution < 1.29 is 28.7 Å². The number of hydrogen-bond acceptors (Lipinski definition) is 10. The van der Waals surface area contributed by atoms with Gasteiger partial charge in [-0.2, -0.15) is 0 Å². The summed E-state index contributed by atoms with van der Waals surface area (Å²) >= 11 is 0.